The molecular weight excluding hydrogens is 304 g/mol. The number of hydrogen-bond donors (Lipinski definition) is 1. The molecule has 0 radical (unpaired) electrons. The maximum atomic E-state index is 10.1. The zero-order chi connectivity index (χ0) is 16.7. The summed E-state index contributed by atoms with van der Waals surface area (Å²) in [6.45, 7) is 5.38. The molecule has 0 unspecified atom stereocenters. The molecule has 2 aromatic heterocycles. The lowest BCUT2D eigenvalue weighted by molar-refractivity contribution is -0.0275. The minimum atomic E-state index is 0.0497. The first kappa shape index (κ1) is 15.8. The van der Waals surface area contributed by atoms with Crippen molar-refractivity contribution in [1.82, 2.24) is 24.7 Å². The standard InChI is InChI=1S/C17H26N6O/c1-3-13-9-14(16-19-18-12-23(16)20-13)22-8-6-17(11-24)5-4-7-21(2)15(17)10-22/h9,12,15,24H,3-8,10-11H2,1-2H3/t15-,17-/m1/s1. The Hall–Kier alpha value is -1.73. The molecule has 0 amide bonds. The number of aliphatic hydroxyl groups is 1. The molecule has 2 aliphatic rings. The molecule has 0 spiro atoms. The summed E-state index contributed by atoms with van der Waals surface area (Å²) in [5, 5.41) is 22.9. The molecular formula is C17H26N6O. The molecule has 2 aliphatic heterocycles. The molecule has 4 heterocycles. The van der Waals surface area contributed by atoms with Crippen LogP contribution in [0.25, 0.3) is 5.65 Å². The Morgan fingerprint density at radius 3 is 3.00 bits per heavy atom. The van der Waals surface area contributed by atoms with Gasteiger partial charge in [-0.25, -0.2) is 0 Å². The number of likely N-dealkylation sites (N-methyl/N-ethyl adjacent to an activating group) is 1. The summed E-state index contributed by atoms with van der Waals surface area (Å²) in [7, 11) is 2.19. The number of piperidine rings is 2. The smallest absolute Gasteiger partial charge is 0.200 e. The summed E-state index contributed by atoms with van der Waals surface area (Å²) in [4.78, 5) is 4.83. The molecule has 0 aromatic carbocycles. The third-order valence-corrected chi connectivity index (χ3v) is 6.01. The van der Waals surface area contributed by atoms with Crippen molar-refractivity contribution in [2.75, 3.05) is 38.2 Å². The third-order valence-electron chi connectivity index (χ3n) is 6.01. The van der Waals surface area contributed by atoms with Crippen molar-refractivity contribution in [2.45, 2.75) is 38.6 Å². The number of nitrogens with zero attached hydrogens (tertiary/aromatic N) is 6. The summed E-state index contributed by atoms with van der Waals surface area (Å²) in [6.07, 6.45) is 5.88. The molecule has 2 fully saturated rings. The molecule has 130 valence electrons. The maximum Gasteiger partial charge on any atom is 0.200 e. The van der Waals surface area contributed by atoms with E-state index in [1.165, 1.54) is 6.42 Å². The van der Waals surface area contributed by atoms with E-state index in [1.807, 2.05) is 0 Å². The monoisotopic (exact) mass is 330 g/mol. The predicted octanol–water partition coefficient (Wildman–Crippen LogP) is 0.970. The average Bonchev–Trinajstić information content (AvgIpc) is 3.09. The van der Waals surface area contributed by atoms with Gasteiger partial charge >= 0.3 is 0 Å². The molecule has 7 heteroatoms. The molecule has 4 rings (SSSR count). The number of anilines is 1. The molecule has 2 atom stereocenters. The summed E-state index contributed by atoms with van der Waals surface area (Å²) >= 11 is 0. The lowest BCUT2D eigenvalue weighted by atomic mass is 9.69. The minimum absolute atomic E-state index is 0.0497. The highest BCUT2D eigenvalue weighted by molar-refractivity contribution is 5.68. The van der Waals surface area contributed by atoms with Crippen LogP contribution in [0.5, 0.6) is 0 Å². The maximum absolute atomic E-state index is 10.1. The van der Waals surface area contributed by atoms with E-state index in [2.05, 4.69) is 45.1 Å². The Balaban J connectivity index is 1.70. The van der Waals surface area contributed by atoms with Crippen LogP contribution >= 0.6 is 0 Å². The molecule has 24 heavy (non-hydrogen) atoms. The van der Waals surface area contributed by atoms with Gasteiger partial charge in [0.05, 0.1) is 18.0 Å². The van der Waals surface area contributed by atoms with Crippen LogP contribution in [0.1, 0.15) is 31.9 Å². The van der Waals surface area contributed by atoms with E-state index in [0.717, 1.165) is 55.9 Å². The minimum Gasteiger partial charge on any atom is -0.396 e. The van der Waals surface area contributed by atoms with Crippen LogP contribution < -0.4 is 4.90 Å². The van der Waals surface area contributed by atoms with Gasteiger partial charge in [0.15, 0.2) is 0 Å². The van der Waals surface area contributed by atoms with Gasteiger partial charge in [-0.05, 0) is 45.3 Å². The van der Waals surface area contributed by atoms with Crippen LogP contribution in [0.2, 0.25) is 0 Å². The summed E-state index contributed by atoms with van der Waals surface area (Å²) in [6, 6.07) is 2.53. The second-order valence-corrected chi connectivity index (χ2v) is 7.29. The second-order valence-electron chi connectivity index (χ2n) is 7.29. The average molecular weight is 330 g/mol. The fraction of sp³-hybridized carbons (Fsp3) is 0.706. The Labute approximate surface area is 142 Å². The van der Waals surface area contributed by atoms with Crippen LogP contribution in [0, 0.1) is 5.41 Å². The van der Waals surface area contributed by atoms with E-state index in [0.29, 0.717) is 6.04 Å². The van der Waals surface area contributed by atoms with Gasteiger partial charge in [0, 0.05) is 24.5 Å². The van der Waals surface area contributed by atoms with Gasteiger partial charge in [-0.3, -0.25) is 0 Å². The fourth-order valence-electron chi connectivity index (χ4n) is 4.50. The number of rotatable bonds is 3. The van der Waals surface area contributed by atoms with E-state index in [9.17, 15) is 5.11 Å². The van der Waals surface area contributed by atoms with E-state index >= 15 is 0 Å². The quantitative estimate of drug-likeness (QED) is 0.904. The van der Waals surface area contributed by atoms with Gasteiger partial charge in [-0.2, -0.15) is 9.61 Å². The van der Waals surface area contributed by atoms with Crippen LogP contribution in [0.15, 0.2) is 12.4 Å². The van der Waals surface area contributed by atoms with E-state index in [1.54, 1.807) is 10.8 Å². The molecule has 0 aliphatic carbocycles. The highest BCUT2D eigenvalue weighted by atomic mass is 16.3. The Kier molecular flexibility index (Phi) is 3.92. The molecule has 1 N–H and O–H groups in total. The third kappa shape index (κ3) is 2.38. The molecule has 2 saturated heterocycles. The summed E-state index contributed by atoms with van der Waals surface area (Å²) in [5.41, 5.74) is 3.04. The lowest BCUT2D eigenvalue weighted by Gasteiger charge is -2.54. The number of aliphatic hydroxyl groups excluding tert-OH is 1. The van der Waals surface area contributed by atoms with Crippen LogP contribution in [-0.4, -0.2) is 69.1 Å². The first-order valence-corrected chi connectivity index (χ1v) is 8.93. The number of aryl methyl sites for hydroxylation is 1. The highest BCUT2D eigenvalue weighted by Crippen LogP contribution is 2.42. The van der Waals surface area contributed by atoms with Gasteiger partial charge < -0.3 is 14.9 Å². The predicted molar refractivity (Wildman–Crippen MR) is 92.2 cm³/mol. The van der Waals surface area contributed by atoms with E-state index < -0.39 is 0 Å². The Morgan fingerprint density at radius 2 is 2.21 bits per heavy atom. The molecule has 2 aromatic rings. The molecule has 0 saturated carbocycles. The van der Waals surface area contributed by atoms with E-state index in [-0.39, 0.29) is 12.0 Å². The SMILES string of the molecule is CCc1cc(N2CC[C@@]3(CO)CCCN(C)[C@@H]3C2)c2nncn2n1. The highest BCUT2D eigenvalue weighted by Gasteiger charge is 2.46. The number of aromatic nitrogens is 4. The lowest BCUT2D eigenvalue weighted by Crippen LogP contribution is -2.61. The largest absolute Gasteiger partial charge is 0.396 e. The second kappa shape index (κ2) is 5.97. The summed E-state index contributed by atoms with van der Waals surface area (Å²) < 4.78 is 1.78. The Morgan fingerprint density at radius 1 is 1.33 bits per heavy atom. The molecule has 7 nitrogen and oxygen atoms in total. The van der Waals surface area contributed by atoms with Crippen LogP contribution in [0.4, 0.5) is 5.69 Å². The van der Waals surface area contributed by atoms with Gasteiger partial charge in [-0.1, -0.05) is 6.92 Å². The number of fused-ring (bicyclic) bond motifs is 2. The molecule has 0 bridgehead atoms. The van der Waals surface area contributed by atoms with Crippen LogP contribution in [-0.2, 0) is 6.42 Å². The zero-order valence-corrected chi connectivity index (χ0v) is 14.5. The first-order chi connectivity index (χ1) is 11.7. The van der Waals surface area contributed by atoms with Crippen molar-refractivity contribution in [3.8, 4) is 0 Å². The topological polar surface area (TPSA) is 69.8 Å². The van der Waals surface area contributed by atoms with Gasteiger partial charge in [0.1, 0.15) is 6.33 Å². The number of hydrogen-bond acceptors (Lipinski definition) is 6. The van der Waals surface area contributed by atoms with Crippen LogP contribution in [0.3, 0.4) is 0 Å². The summed E-state index contributed by atoms with van der Waals surface area (Å²) in [5.74, 6) is 0. The normalized spacial score (nSPS) is 28.3. The van der Waals surface area contributed by atoms with Crippen molar-refractivity contribution in [2.24, 2.45) is 5.41 Å². The van der Waals surface area contributed by atoms with Gasteiger partial charge in [0.25, 0.3) is 0 Å². The number of likely N-dealkylation sites (tertiary alicyclic amines) is 1. The van der Waals surface area contributed by atoms with Crippen molar-refractivity contribution in [3.05, 3.63) is 18.1 Å². The van der Waals surface area contributed by atoms with Crippen molar-refractivity contribution >= 4 is 11.3 Å². The fourth-order valence-corrected chi connectivity index (χ4v) is 4.50. The van der Waals surface area contributed by atoms with Gasteiger partial charge in [0.2, 0.25) is 5.65 Å². The van der Waals surface area contributed by atoms with Crippen molar-refractivity contribution < 1.29 is 5.11 Å². The zero-order valence-electron chi connectivity index (χ0n) is 14.5. The van der Waals surface area contributed by atoms with Gasteiger partial charge in [-0.15, -0.1) is 10.2 Å². The van der Waals surface area contributed by atoms with Crippen molar-refractivity contribution in [3.63, 3.8) is 0 Å². The first-order valence-electron chi connectivity index (χ1n) is 8.93. The van der Waals surface area contributed by atoms with Crippen molar-refractivity contribution in [1.29, 1.82) is 0 Å². The Bertz CT molecular complexity index is 731. The van der Waals surface area contributed by atoms with E-state index in [4.69, 9.17) is 0 Å².